The number of anilines is 2. The third-order valence-electron chi connectivity index (χ3n) is 10.6. The molecule has 0 saturated carbocycles. The van der Waals surface area contributed by atoms with E-state index in [2.05, 4.69) is 108 Å². The summed E-state index contributed by atoms with van der Waals surface area (Å²) in [7, 11) is -3.22. The molecule has 0 amide bonds. The summed E-state index contributed by atoms with van der Waals surface area (Å²) in [5, 5.41) is 2.53. The fraction of sp³-hybridized carbons (Fsp3) is 0.0698. The molecule has 3 atom stereocenters. The van der Waals surface area contributed by atoms with Crippen molar-refractivity contribution in [3.8, 4) is 16.9 Å². The monoisotopic (exact) mass is 623 g/mol. The number of allylic oxidation sites excluding steroid dienone is 2. The van der Waals surface area contributed by atoms with Crippen LogP contribution in [0.5, 0.6) is 5.75 Å². The van der Waals surface area contributed by atoms with Gasteiger partial charge in [-0.25, -0.2) is 0 Å². The van der Waals surface area contributed by atoms with E-state index in [0.717, 1.165) is 33.1 Å². The Morgan fingerprint density at radius 2 is 1.19 bits per heavy atom. The summed E-state index contributed by atoms with van der Waals surface area (Å²) in [6.45, 7) is 0. The van der Waals surface area contributed by atoms with Crippen molar-refractivity contribution in [2.75, 3.05) is 4.90 Å². The molecule has 2 heterocycles. The topological polar surface area (TPSA) is 29.5 Å². The van der Waals surface area contributed by atoms with Crippen LogP contribution in [0.4, 0.5) is 11.4 Å². The highest BCUT2D eigenvalue weighted by molar-refractivity contribution is 7.85. The molecule has 0 radical (unpaired) electrons. The van der Waals surface area contributed by atoms with Crippen LogP contribution in [0.2, 0.25) is 0 Å². The van der Waals surface area contributed by atoms with Gasteiger partial charge in [0, 0.05) is 27.5 Å². The van der Waals surface area contributed by atoms with Gasteiger partial charge in [-0.2, -0.15) is 0 Å². The molecule has 10 rings (SSSR count). The standard InChI is InChI=1S/C43H30NO2P/c45-47(29-14-3-1-4-15-29,30-16-5-2-6-17-30)31-26-27-33-32-18-7-8-19-34(32)43(37(33)28-31)35-20-9-10-22-38(35)44-39-23-11-12-24-40(39)46-41-25-13-21-36(43)42(41)44/h1-28,36,42H. The van der Waals surface area contributed by atoms with Gasteiger partial charge >= 0.3 is 0 Å². The van der Waals surface area contributed by atoms with Crippen molar-refractivity contribution in [2.24, 2.45) is 5.92 Å². The summed E-state index contributed by atoms with van der Waals surface area (Å²) in [5.74, 6) is 1.83. The van der Waals surface area contributed by atoms with Crippen molar-refractivity contribution in [1.29, 1.82) is 0 Å². The van der Waals surface area contributed by atoms with Gasteiger partial charge in [-0.15, -0.1) is 0 Å². The molecule has 0 N–H and O–H groups in total. The molecule has 47 heavy (non-hydrogen) atoms. The van der Waals surface area contributed by atoms with Gasteiger partial charge < -0.3 is 14.2 Å². The van der Waals surface area contributed by atoms with Crippen molar-refractivity contribution in [3.63, 3.8) is 0 Å². The second-order valence-corrected chi connectivity index (χ2v) is 15.5. The van der Waals surface area contributed by atoms with Gasteiger partial charge in [0.25, 0.3) is 0 Å². The van der Waals surface area contributed by atoms with Crippen LogP contribution in [0, 0.1) is 5.92 Å². The van der Waals surface area contributed by atoms with Gasteiger partial charge in [0.1, 0.15) is 5.76 Å². The zero-order valence-corrected chi connectivity index (χ0v) is 26.4. The molecule has 2 aliphatic carbocycles. The van der Waals surface area contributed by atoms with E-state index in [1.807, 2.05) is 66.7 Å². The summed E-state index contributed by atoms with van der Waals surface area (Å²) in [4.78, 5) is 2.49. The number of ether oxygens (including phenoxy) is 1. The second-order valence-electron chi connectivity index (χ2n) is 12.7. The maximum absolute atomic E-state index is 15.7. The maximum atomic E-state index is 15.7. The fourth-order valence-electron chi connectivity index (χ4n) is 8.78. The molecule has 4 heteroatoms. The Morgan fingerprint density at radius 1 is 0.574 bits per heavy atom. The third kappa shape index (κ3) is 3.45. The molecule has 3 unspecified atom stereocenters. The van der Waals surface area contributed by atoms with Crippen molar-refractivity contribution < 1.29 is 9.30 Å². The van der Waals surface area contributed by atoms with Crippen LogP contribution < -0.4 is 25.6 Å². The average Bonchev–Trinajstić information content (AvgIpc) is 3.43. The lowest BCUT2D eigenvalue weighted by atomic mass is 9.58. The number of benzene rings is 6. The quantitative estimate of drug-likeness (QED) is 0.185. The molecule has 2 aliphatic heterocycles. The van der Waals surface area contributed by atoms with Crippen molar-refractivity contribution in [3.05, 3.63) is 192 Å². The van der Waals surface area contributed by atoms with E-state index in [0.29, 0.717) is 0 Å². The number of nitrogens with zero attached hydrogens (tertiary/aromatic N) is 1. The first-order chi connectivity index (χ1) is 23.2. The summed E-state index contributed by atoms with van der Waals surface area (Å²) < 4.78 is 22.4. The molecular formula is C43H30NO2P. The molecular weight excluding hydrogens is 593 g/mol. The Bertz CT molecular complexity index is 2300. The van der Waals surface area contributed by atoms with Gasteiger partial charge in [0.15, 0.2) is 12.9 Å². The fourth-order valence-corrected chi connectivity index (χ4v) is 11.5. The molecule has 0 aromatic heterocycles. The summed E-state index contributed by atoms with van der Waals surface area (Å²) in [5.41, 5.74) is 7.87. The third-order valence-corrected chi connectivity index (χ3v) is 13.7. The van der Waals surface area contributed by atoms with Crippen LogP contribution in [0.15, 0.2) is 176 Å². The molecule has 0 saturated heterocycles. The van der Waals surface area contributed by atoms with Gasteiger partial charge in [-0.3, -0.25) is 0 Å². The summed E-state index contributed by atoms with van der Waals surface area (Å²) >= 11 is 0. The van der Waals surface area contributed by atoms with Crippen LogP contribution in [-0.4, -0.2) is 6.04 Å². The Kier molecular flexibility index (Phi) is 5.60. The van der Waals surface area contributed by atoms with E-state index in [1.54, 1.807) is 0 Å². The second kappa shape index (κ2) is 9.82. The smallest absolute Gasteiger partial charge is 0.171 e. The molecule has 224 valence electrons. The minimum Gasteiger partial charge on any atom is -0.457 e. The highest BCUT2D eigenvalue weighted by Gasteiger charge is 2.59. The first kappa shape index (κ1) is 26.8. The van der Waals surface area contributed by atoms with Crippen molar-refractivity contribution in [2.45, 2.75) is 11.5 Å². The van der Waals surface area contributed by atoms with Crippen LogP contribution in [0.25, 0.3) is 11.1 Å². The van der Waals surface area contributed by atoms with Gasteiger partial charge in [0.2, 0.25) is 0 Å². The molecule has 6 aromatic carbocycles. The Labute approximate surface area is 274 Å². The SMILES string of the molecule is O=P(c1ccccc1)(c1ccccc1)c1ccc2c(c1)C1(c3ccccc3-2)c2ccccc2N2c3ccccc3OC3=CC=CC1C32. The summed E-state index contributed by atoms with van der Waals surface area (Å²) in [6, 6.07) is 52.6. The molecule has 4 aliphatic rings. The van der Waals surface area contributed by atoms with Crippen LogP contribution in [0.3, 0.4) is 0 Å². The highest BCUT2D eigenvalue weighted by atomic mass is 31.2. The predicted octanol–water partition coefficient (Wildman–Crippen LogP) is 8.62. The van der Waals surface area contributed by atoms with Gasteiger partial charge in [0.05, 0.1) is 17.1 Å². The molecule has 1 spiro atoms. The number of fused-ring (bicyclic) bond motifs is 11. The molecule has 3 nitrogen and oxygen atoms in total. The number of hydrogen-bond acceptors (Lipinski definition) is 3. The van der Waals surface area contributed by atoms with E-state index in [4.69, 9.17) is 4.74 Å². The van der Waals surface area contributed by atoms with Crippen LogP contribution >= 0.6 is 7.14 Å². The van der Waals surface area contributed by atoms with Crippen LogP contribution in [-0.2, 0) is 9.98 Å². The Morgan fingerprint density at radius 3 is 1.96 bits per heavy atom. The van der Waals surface area contributed by atoms with Crippen LogP contribution in [0.1, 0.15) is 16.7 Å². The van der Waals surface area contributed by atoms with Crippen molar-refractivity contribution >= 4 is 34.4 Å². The average molecular weight is 624 g/mol. The highest BCUT2D eigenvalue weighted by Crippen LogP contribution is 2.65. The zero-order valence-electron chi connectivity index (χ0n) is 25.5. The number of para-hydroxylation sites is 3. The van der Waals surface area contributed by atoms with Gasteiger partial charge in [-0.1, -0.05) is 140 Å². The Balaban J connectivity index is 1.31. The lowest BCUT2D eigenvalue weighted by molar-refractivity contribution is 0.280. The van der Waals surface area contributed by atoms with E-state index in [9.17, 15) is 0 Å². The molecule has 6 aromatic rings. The predicted molar refractivity (Wildman–Crippen MR) is 191 cm³/mol. The van der Waals surface area contributed by atoms with E-state index in [1.165, 1.54) is 33.5 Å². The Hall–Kier alpha value is -5.37. The lowest BCUT2D eigenvalue weighted by Crippen LogP contribution is -2.56. The maximum Gasteiger partial charge on any atom is 0.171 e. The lowest BCUT2D eigenvalue weighted by Gasteiger charge is -2.55. The largest absolute Gasteiger partial charge is 0.457 e. The molecule has 0 bridgehead atoms. The minimum atomic E-state index is -3.22. The van der Waals surface area contributed by atoms with E-state index in [-0.39, 0.29) is 12.0 Å². The van der Waals surface area contributed by atoms with E-state index >= 15 is 4.57 Å². The number of hydrogen-bond donors (Lipinski definition) is 0. The zero-order chi connectivity index (χ0) is 31.2. The first-order valence-electron chi connectivity index (χ1n) is 16.2. The minimum absolute atomic E-state index is 0.0104. The molecule has 0 fully saturated rings. The van der Waals surface area contributed by atoms with Crippen molar-refractivity contribution in [1.82, 2.24) is 0 Å². The van der Waals surface area contributed by atoms with Gasteiger partial charge in [-0.05, 0) is 58.2 Å². The normalized spacial score (nSPS) is 21.1. The first-order valence-corrected chi connectivity index (χ1v) is 17.9. The van der Waals surface area contributed by atoms with E-state index < -0.39 is 12.6 Å². The summed E-state index contributed by atoms with van der Waals surface area (Å²) in [6.07, 6.45) is 6.67. The number of rotatable bonds is 3.